The molecule has 0 aliphatic rings. The van der Waals surface area contributed by atoms with E-state index < -0.39 is 0 Å². The maximum atomic E-state index is 11.4. The molecule has 0 saturated heterocycles. The van der Waals surface area contributed by atoms with Gasteiger partial charge >= 0.3 is 0 Å². The second-order valence-electron chi connectivity index (χ2n) is 4.40. The first-order chi connectivity index (χ1) is 6.87. The number of amides is 1. The molecular weight excluding hydrogens is 208 g/mol. The minimum Gasteiger partial charge on any atom is -0.348 e. The summed E-state index contributed by atoms with van der Waals surface area (Å²) in [6.45, 7) is 7.79. The van der Waals surface area contributed by atoms with Crippen molar-refractivity contribution >= 4 is 23.3 Å². The fourth-order valence-electron chi connectivity index (χ4n) is 1.01. The van der Waals surface area contributed by atoms with Crippen molar-refractivity contribution in [2.24, 2.45) is 0 Å². The molecule has 0 aliphatic heterocycles. The predicted octanol–water partition coefficient (Wildman–Crippen LogP) is 2.38. The van der Waals surface area contributed by atoms with Crippen molar-refractivity contribution in [2.75, 3.05) is 0 Å². The van der Waals surface area contributed by atoms with Crippen LogP contribution in [0.15, 0.2) is 11.5 Å². The zero-order valence-corrected chi connectivity index (χ0v) is 10.3. The molecule has 0 atom stereocenters. The molecule has 82 valence electrons. The lowest BCUT2D eigenvalue weighted by molar-refractivity contribution is -0.117. The molecule has 0 fully saturated rings. The lowest BCUT2D eigenvalue weighted by atomic mass is 10.1. The summed E-state index contributed by atoms with van der Waals surface area (Å²) in [5, 5.41) is 5.66. The number of rotatable bonds is 2. The van der Waals surface area contributed by atoms with Gasteiger partial charge in [0.05, 0.1) is 0 Å². The van der Waals surface area contributed by atoms with Gasteiger partial charge in [0.25, 0.3) is 0 Å². The summed E-state index contributed by atoms with van der Waals surface area (Å²) in [6.07, 6.45) is 3.25. The highest BCUT2D eigenvalue weighted by atomic mass is 32.1. The van der Waals surface area contributed by atoms with Gasteiger partial charge in [-0.25, -0.2) is 4.98 Å². The third-order valence-corrected chi connectivity index (χ3v) is 2.44. The Kier molecular flexibility index (Phi) is 3.63. The van der Waals surface area contributed by atoms with E-state index in [1.165, 1.54) is 17.4 Å². The summed E-state index contributed by atoms with van der Waals surface area (Å²) >= 11 is 1.53. The second-order valence-corrected chi connectivity index (χ2v) is 5.29. The Labute approximate surface area is 94.2 Å². The van der Waals surface area contributed by atoms with Crippen LogP contribution < -0.4 is 5.32 Å². The molecule has 1 heterocycles. The maximum Gasteiger partial charge on any atom is 0.244 e. The molecule has 0 radical (unpaired) electrons. The molecule has 1 aromatic heterocycles. The molecule has 1 rings (SSSR count). The number of hydrogen-bond acceptors (Lipinski definition) is 3. The van der Waals surface area contributed by atoms with Gasteiger partial charge in [0.15, 0.2) is 0 Å². The fraction of sp³-hybridized carbons (Fsp3) is 0.455. The number of aromatic nitrogens is 1. The highest BCUT2D eigenvalue weighted by Crippen LogP contribution is 2.10. The Morgan fingerprint density at radius 1 is 1.53 bits per heavy atom. The number of thiazole rings is 1. The molecule has 0 unspecified atom stereocenters. The van der Waals surface area contributed by atoms with Gasteiger partial charge in [-0.2, -0.15) is 0 Å². The largest absolute Gasteiger partial charge is 0.348 e. The molecule has 3 nitrogen and oxygen atoms in total. The molecule has 1 aromatic rings. The van der Waals surface area contributed by atoms with Crippen molar-refractivity contribution in [3.8, 4) is 0 Å². The first kappa shape index (κ1) is 11.9. The smallest absolute Gasteiger partial charge is 0.244 e. The van der Waals surface area contributed by atoms with E-state index in [2.05, 4.69) is 10.3 Å². The van der Waals surface area contributed by atoms with Crippen LogP contribution in [0.4, 0.5) is 0 Å². The van der Waals surface area contributed by atoms with E-state index >= 15 is 0 Å². The van der Waals surface area contributed by atoms with Crippen LogP contribution in [-0.4, -0.2) is 16.4 Å². The van der Waals surface area contributed by atoms with Crippen molar-refractivity contribution in [1.29, 1.82) is 0 Å². The van der Waals surface area contributed by atoms with Crippen LogP contribution in [-0.2, 0) is 4.79 Å². The van der Waals surface area contributed by atoms with Crippen molar-refractivity contribution in [2.45, 2.75) is 33.2 Å². The van der Waals surface area contributed by atoms with E-state index in [9.17, 15) is 4.79 Å². The molecule has 0 saturated carbocycles. The normalized spacial score (nSPS) is 12.0. The van der Waals surface area contributed by atoms with Crippen molar-refractivity contribution in [3.05, 3.63) is 22.2 Å². The van der Waals surface area contributed by atoms with Crippen molar-refractivity contribution < 1.29 is 4.79 Å². The molecule has 1 N–H and O–H groups in total. The van der Waals surface area contributed by atoms with Crippen LogP contribution in [0.2, 0.25) is 0 Å². The third kappa shape index (κ3) is 4.74. The second kappa shape index (κ2) is 4.57. The van der Waals surface area contributed by atoms with Crippen molar-refractivity contribution in [1.82, 2.24) is 10.3 Å². The number of hydrogen-bond donors (Lipinski definition) is 1. The molecule has 15 heavy (non-hydrogen) atoms. The van der Waals surface area contributed by atoms with E-state index in [0.717, 1.165) is 10.7 Å². The van der Waals surface area contributed by atoms with Gasteiger partial charge in [0, 0.05) is 22.7 Å². The summed E-state index contributed by atoms with van der Waals surface area (Å²) in [5.41, 5.74) is 0.788. The molecule has 1 amide bonds. The van der Waals surface area contributed by atoms with Gasteiger partial charge in [-0.05, 0) is 33.8 Å². The highest BCUT2D eigenvalue weighted by Gasteiger charge is 2.11. The Morgan fingerprint density at radius 3 is 2.67 bits per heavy atom. The number of carbonyl (C=O) groups is 1. The van der Waals surface area contributed by atoms with Gasteiger partial charge in [0.1, 0.15) is 5.01 Å². The molecule has 0 aliphatic carbocycles. The van der Waals surface area contributed by atoms with E-state index in [0.29, 0.717) is 0 Å². The van der Waals surface area contributed by atoms with Gasteiger partial charge in [-0.1, -0.05) is 0 Å². The zero-order valence-electron chi connectivity index (χ0n) is 9.50. The lowest BCUT2D eigenvalue weighted by Gasteiger charge is -2.18. The number of nitrogens with zero attached hydrogens (tertiary/aromatic N) is 1. The van der Waals surface area contributed by atoms with E-state index in [1.54, 1.807) is 6.08 Å². The molecule has 0 spiro atoms. The topological polar surface area (TPSA) is 42.0 Å². The Bertz CT molecular complexity index is 374. The van der Waals surface area contributed by atoms with E-state index in [-0.39, 0.29) is 11.4 Å². The van der Waals surface area contributed by atoms with Gasteiger partial charge in [-0.15, -0.1) is 11.3 Å². The summed E-state index contributed by atoms with van der Waals surface area (Å²) in [5.74, 6) is -0.0876. The lowest BCUT2D eigenvalue weighted by Crippen LogP contribution is -2.39. The third-order valence-electron chi connectivity index (χ3n) is 1.51. The van der Waals surface area contributed by atoms with Crippen LogP contribution in [0.5, 0.6) is 0 Å². The van der Waals surface area contributed by atoms with Crippen LogP contribution in [0, 0.1) is 6.92 Å². The van der Waals surface area contributed by atoms with Gasteiger partial charge in [0.2, 0.25) is 5.91 Å². The van der Waals surface area contributed by atoms with Gasteiger partial charge < -0.3 is 5.32 Å². The Hall–Kier alpha value is -1.16. The quantitative estimate of drug-likeness (QED) is 0.784. The first-order valence-corrected chi connectivity index (χ1v) is 5.67. The minimum atomic E-state index is -0.194. The zero-order chi connectivity index (χ0) is 11.5. The number of aryl methyl sites for hydroxylation is 1. The molecule has 4 heteroatoms. The summed E-state index contributed by atoms with van der Waals surface area (Å²) < 4.78 is 0. The molecular formula is C11H16N2OS. The average Bonchev–Trinajstić information content (AvgIpc) is 2.45. The standard InChI is InChI=1S/C11H16N2OS/c1-8-7-15-10(12-8)6-5-9(14)13-11(2,3)4/h5-7H,1-4H3,(H,13,14)/b6-5+. The van der Waals surface area contributed by atoms with Crippen LogP contribution in [0.1, 0.15) is 31.5 Å². The monoisotopic (exact) mass is 224 g/mol. The van der Waals surface area contributed by atoms with E-state index in [1.807, 2.05) is 33.1 Å². The first-order valence-electron chi connectivity index (χ1n) is 4.79. The number of nitrogens with one attached hydrogen (secondary N) is 1. The van der Waals surface area contributed by atoms with Gasteiger partial charge in [-0.3, -0.25) is 4.79 Å². The SMILES string of the molecule is Cc1csc(/C=C/C(=O)NC(C)(C)C)n1. The summed E-state index contributed by atoms with van der Waals surface area (Å²) in [4.78, 5) is 15.6. The van der Waals surface area contributed by atoms with E-state index in [4.69, 9.17) is 0 Å². The van der Waals surface area contributed by atoms with Crippen LogP contribution in [0.3, 0.4) is 0 Å². The molecule has 0 aromatic carbocycles. The average molecular weight is 224 g/mol. The maximum absolute atomic E-state index is 11.4. The fourth-order valence-corrected chi connectivity index (χ4v) is 1.69. The van der Waals surface area contributed by atoms with Crippen molar-refractivity contribution in [3.63, 3.8) is 0 Å². The highest BCUT2D eigenvalue weighted by molar-refractivity contribution is 7.10. The van der Waals surface area contributed by atoms with Crippen LogP contribution in [0.25, 0.3) is 6.08 Å². The van der Waals surface area contributed by atoms with Crippen LogP contribution >= 0.6 is 11.3 Å². The summed E-state index contributed by atoms with van der Waals surface area (Å²) in [7, 11) is 0. The minimum absolute atomic E-state index is 0.0876. The Morgan fingerprint density at radius 2 is 2.20 bits per heavy atom. The number of carbonyl (C=O) groups excluding carboxylic acids is 1. The predicted molar refractivity (Wildman–Crippen MR) is 63.8 cm³/mol. The Balaban J connectivity index is 2.55. The summed E-state index contributed by atoms with van der Waals surface area (Å²) in [6, 6.07) is 0. The molecule has 0 bridgehead atoms.